The van der Waals surface area contributed by atoms with Gasteiger partial charge in [0.25, 0.3) is 0 Å². The highest BCUT2D eigenvalue weighted by Crippen LogP contribution is 2.25. The Kier molecular flexibility index (Phi) is 5.67. The van der Waals surface area contributed by atoms with E-state index in [0.717, 1.165) is 36.4 Å². The van der Waals surface area contributed by atoms with E-state index in [1.165, 1.54) is 25.9 Å². The van der Waals surface area contributed by atoms with Crippen molar-refractivity contribution in [2.75, 3.05) is 13.1 Å². The molecule has 0 amide bonds. The Morgan fingerprint density at radius 3 is 2.40 bits per heavy atom. The van der Waals surface area contributed by atoms with Crippen molar-refractivity contribution in [2.24, 2.45) is 11.8 Å². The van der Waals surface area contributed by atoms with Gasteiger partial charge in [-0.25, -0.2) is 0 Å². The average Bonchev–Trinajstić information content (AvgIpc) is 2.84. The van der Waals surface area contributed by atoms with E-state index in [1.54, 1.807) is 0 Å². The molecular formula is C17H30N2O. The monoisotopic (exact) mass is 278 g/mol. The van der Waals surface area contributed by atoms with Gasteiger partial charge >= 0.3 is 0 Å². The van der Waals surface area contributed by atoms with E-state index in [-0.39, 0.29) is 0 Å². The molecule has 1 aromatic heterocycles. The summed E-state index contributed by atoms with van der Waals surface area (Å²) in [5, 5.41) is 3.39. The number of likely N-dealkylation sites (tertiary alicyclic amines) is 1. The predicted molar refractivity (Wildman–Crippen MR) is 83.5 cm³/mol. The second-order valence-electron chi connectivity index (χ2n) is 6.76. The van der Waals surface area contributed by atoms with Crippen LogP contribution in [0.3, 0.4) is 0 Å². The summed E-state index contributed by atoms with van der Waals surface area (Å²) in [5.41, 5.74) is 0. The van der Waals surface area contributed by atoms with Gasteiger partial charge < -0.3 is 9.73 Å². The fourth-order valence-corrected chi connectivity index (χ4v) is 2.91. The summed E-state index contributed by atoms with van der Waals surface area (Å²) < 4.78 is 5.91. The Morgan fingerprint density at radius 2 is 1.80 bits per heavy atom. The van der Waals surface area contributed by atoms with Gasteiger partial charge in [0.05, 0.1) is 13.1 Å². The first-order chi connectivity index (χ1) is 9.54. The minimum Gasteiger partial charge on any atom is -0.463 e. The summed E-state index contributed by atoms with van der Waals surface area (Å²) in [4.78, 5) is 2.53. The van der Waals surface area contributed by atoms with E-state index in [9.17, 15) is 0 Å². The maximum atomic E-state index is 5.91. The molecule has 1 aromatic rings. The van der Waals surface area contributed by atoms with Crippen LogP contribution >= 0.6 is 0 Å². The third-order valence-corrected chi connectivity index (χ3v) is 4.36. The van der Waals surface area contributed by atoms with E-state index < -0.39 is 0 Å². The molecule has 0 radical (unpaired) electrons. The molecule has 20 heavy (non-hydrogen) atoms. The van der Waals surface area contributed by atoms with E-state index in [2.05, 4.69) is 50.0 Å². The molecule has 0 atom stereocenters. The molecule has 2 heterocycles. The highest BCUT2D eigenvalue weighted by molar-refractivity contribution is 5.07. The molecule has 1 N–H and O–H groups in total. The molecule has 0 bridgehead atoms. The van der Waals surface area contributed by atoms with Crippen molar-refractivity contribution in [1.82, 2.24) is 10.2 Å². The summed E-state index contributed by atoms with van der Waals surface area (Å²) >= 11 is 0. The number of rotatable bonds is 6. The van der Waals surface area contributed by atoms with Crippen LogP contribution in [0.1, 0.15) is 52.1 Å². The zero-order chi connectivity index (χ0) is 14.5. The van der Waals surface area contributed by atoms with Crippen LogP contribution in [0.25, 0.3) is 0 Å². The molecule has 3 heteroatoms. The van der Waals surface area contributed by atoms with Crippen LogP contribution in [0, 0.1) is 11.8 Å². The highest BCUT2D eigenvalue weighted by Gasteiger charge is 2.22. The minimum atomic E-state index is 0.499. The highest BCUT2D eigenvalue weighted by atomic mass is 16.3. The second-order valence-corrected chi connectivity index (χ2v) is 6.76. The van der Waals surface area contributed by atoms with Crippen LogP contribution in [-0.2, 0) is 13.1 Å². The van der Waals surface area contributed by atoms with Crippen LogP contribution in [-0.4, -0.2) is 24.0 Å². The molecule has 0 aliphatic carbocycles. The van der Waals surface area contributed by atoms with Gasteiger partial charge in [-0.05, 0) is 49.9 Å². The first kappa shape index (κ1) is 15.6. The van der Waals surface area contributed by atoms with Crippen molar-refractivity contribution in [3.63, 3.8) is 0 Å². The van der Waals surface area contributed by atoms with Gasteiger partial charge in [0, 0.05) is 6.04 Å². The lowest BCUT2D eigenvalue weighted by Gasteiger charge is -2.33. The van der Waals surface area contributed by atoms with Crippen LogP contribution in [0.2, 0.25) is 0 Å². The Bertz CT molecular complexity index is 389. The Morgan fingerprint density at radius 1 is 1.15 bits per heavy atom. The van der Waals surface area contributed by atoms with Crippen molar-refractivity contribution in [3.8, 4) is 0 Å². The van der Waals surface area contributed by atoms with Gasteiger partial charge in [-0.2, -0.15) is 0 Å². The normalized spacial score (nSPS) is 18.3. The largest absolute Gasteiger partial charge is 0.463 e. The van der Waals surface area contributed by atoms with Gasteiger partial charge in [0.15, 0.2) is 0 Å². The number of furan rings is 1. The van der Waals surface area contributed by atoms with Crippen molar-refractivity contribution in [3.05, 3.63) is 23.7 Å². The van der Waals surface area contributed by atoms with Crippen LogP contribution in [0.5, 0.6) is 0 Å². The van der Waals surface area contributed by atoms with Crippen LogP contribution < -0.4 is 5.32 Å². The number of hydrogen-bond acceptors (Lipinski definition) is 3. The van der Waals surface area contributed by atoms with Crippen LogP contribution in [0.4, 0.5) is 0 Å². The van der Waals surface area contributed by atoms with Crippen molar-refractivity contribution in [1.29, 1.82) is 0 Å². The van der Waals surface area contributed by atoms with E-state index >= 15 is 0 Å². The first-order valence-corrected chi connectivity index (χ1v) is 8.08. The lowest BCUT2D eigenvalue weighted by atomic mass is 9.87. The molecule has 1 aliphatic heterocycles. The third-order valence-electron chi connectivity index (χ3n) is 4.36. The molecule has 2 rings (SSSR count). The molecule has 0 unspecified atom stereocenters. The van der Waals surface area contributed by atoms with Crippen molar-refractivity contribution < 1.29 is 4.42 Å². The molecule has 0 saturated carbocycles. The Hall–Kier alpha value is -0.800. The molecule has 0 aromatic carbocycles. The summed E-state index contributed by atoms with van der Waals surface area (Å²) in [7, 11) is 0. The topological polar surface area (TPSA) is 28.4 Å². The van der Waals surface area contributed by atoms with E-state index in [1.807, 2.05) is 0 Å². The van der Waals surface area contributed by atoms with E-state index in [0.29, 0.717) is 6.04 Å². The predicted octanol–water partition coefficient (Wildman–Crippen LogP) is 3.65. The van der Waals surface area contributed by atoms with Gasteiger partial charge in [-0.1, -0.05) is 27.7 Å². The van der Waals surface area contributed by atoms with Gasteiger partial charge in [0.2, 0.25) is 0 Å². The average molecular weight is 278 g/mol. The quantitative estimate of drug-likeness (QED) is 0.861. The lowest BCUT2D eigenvalue weighted by Crippen LogP contribution is -2.34. The molecule has 1 aliphatic rings. The fourth-order valence-electron chi connectivity index (χ4n) is 2.91. The third kappa shape index (κ3) is 4.64. The summed E-state index contributed by atoms with van der Waals surface area (Å²) in [6.07, 6.45) is 2.67. The minimum absolute atomic E-state index is 0.499. The molecule has 1 fully saturated rings. The molecule has 114 valence electrons. The SMILES string of the molecule is CC(C)NCc1ccc(CN2CCC(C(C)C)CC2)o1. The fraction of sp³-hybridized carbons (Fsp3) is 0.765. The lowest BCUT2D eigenvalue weighted by molar-refractivity contribution is 0.143. The summed E-state index contributed by atoms with van der Waals surface area (Å²) in [6, 6.07) is 4.73. The smallest absolute Gasteiger partial charge is 0.118 e. The van der Waals surface area contributed by atoms with Gasteiger partial charge in [-0.15, -0.1) is 0 Å². The van der Waals surface area contributed by atoms with E-state index in [4.69, 9.17) is 4.42 Å². The maximum Gasteiger partial charge on any atom is 0.118 e. The number of piperidine rings is 1. The molecular weight excluding hydrogens is 248 g/mol. The number of nitrogens with zero attached hydrogens (tertiary/aromatic N) is 1. The van der Waals surface area contributed by atoms with Gasteiger partial charge in [0.1, 0.15) is 11.5 Å². The van der Waals surface area contributed by atoms with Crippen LogP contribution in [0.15, 0.2) is 16.5 Å². The summed E-state index contributed by atoms with van der Waals surface area (Å²) in [6.45, 7) is 13.2. The first-order valence-electron chi connectivity index (χ1n) is 8.08. The Balaban J connectivity index is 1.77. The second kappa shape index (κ2) is 7.28. The maximum absolute atomic E-state index is 5.91. The summed E-state index contributed by atoms with van der Waals surface area (Å²) in [5.74, 6) is 3.89. The number of nitrogens with one attached hydrogen (secondary N) is 1. The zero-order valence-corrected chi connectivity index (χ0v) is 13.5. The van der Waals surface area contributed by atoms with Gasteiger partial charge in [-0.3, -0.25) is 4.90 Å². The molecule has 1 saturated heterocycles. The number of hydrogen-bond donors (Lipinski definition) is 1. The van der Waals surface area contributed by atoms with Crippen molar-refractivity contribution >= 4 is 0 Å². The molecule has 0 spiro atoms. The zero-order valence-electron chi connectivity index (χ0n) is 13.5. The van der Waals surface area contributed by atoms with Crippen molar-refractivity contribution in [2.45, 2.75) is 59.7 Å². The standard InChI is InChI=1S/C17H30N2O/c1-13(2)15-7-9-19(10-8-15)12-17-6-5-16(20-17)11-18-14(3)4/h5-6,13-15,18H,7-12H2,1-4H3. The Labute approximate surface area is 123 Å². The molecule has 3 nitrogen and oxygen atoms in total.